The first kappa shape index (κ1) is 68.4. The number of fused-ring (bicyclic) bond motifs is 34. The number of aromatic amines is 3. The van der Waals surface area contributed by atoms with Crippen LogP contribution in [0.3, 0.4) is 0 Å². The Morgan fingerprint density at radius 1 is 0.220 bits per heavy atom. The minimum absolute atomic E-state index is 0.986. The Balaban J connectivity index is 0.000000100. The van der Waals surface area contributed by atoms with Gasteiger partial charge in [0, 0.05) is 195 Å². The molecule has 123 heavy (non-hydrogen) atoms. The number of rotatable bonds is 5. The van der Waals surface area contributed by atoms with Crippen molar-refractivity contribution in [1.29, 1.82) is 0 Å². The molecule has 17 aromatic carbocycles. The summed E-state index contributed by atoms with van der Waals surface area (Å²) in [4.78, 5) is 24.5. The fourth-order valence-corrected chi connectivity index (χ4v) is 24.1. The van der Waals surface area contributed by atoms with E-state index in [0.29, 0.717) is 0 Å². The summed E-state index contributed by atoms with van der Waals surface area (Å²) in [5, 5.41) is 30.6. The normalized spacial score (nSPS) is 12.2. The second-order valence-corrected chi connectivity index (χ2v) is 35.5. The number of aromatic nitrogens is 9. The number of hydrogen-bond acceptors (Lipinski definition) is 6. The molecule has 0 bridgehead atoms. The molecule has 12 heteroatoms. The maximum atomic E-state index is 4.84. The predicted molar refractivity (Wildman–Crippen MR) is 526 cm³/mol. The van der Waals surface area contributed by atoms with Crippen LogP contribution >= 0.6 is 34.0 Å². The number of nitrogens with one attached hydrogen (secondary N) is 3. The van der Waals surface area contributed by atoms with E-state index >= 15 is 0 Å². The van der Waals surface area contributed by atoms with Crippen molar-refractivity contribution in [3.05, 3.63) is 377 Å². The number of nitrogens with zero attached hydrogens (tertiary/aromatic N) is 6. The van der Waals surface area contributed by atoms with Gasteiger partial charge in [-0.05, 0) is 212 Å². The van der Waals surface area contributed by atoms with Gasteiger partial charge in [-0.2, -0.15) is 0 Å². The van der Waals surface area contributed by atoms with Gasteiger partial charge in [0.15, 0.2) is 0 Å². The first-order valence-electron chi connectivity index (χ1n) is 41.6. The van der Waals surface area contributed by atoms with Gasteiger partial charge in [-0.15, -0.1) is 34.0 Å². The van der Waals surface area contributed by atoms with Crippen molar-refractivity contribution >= 4 is 258 Å². The summed E-state index contributed by atoms with van der Waals surface area (Å²) >= 11 is 5.67. The second kappa shape index (κ2) is 26.5. The molecule has 0 aliphatic rings. The average molecular weight is 1620 g/mol. The van der Waals surface area contributed by atoms with Crippen LogP contribution in [0.4, 0.5) is 0 Å². The molecule has 3 N–H and O–H groups in total. The Hall–Kier alpha value is -15.6. The molecule has 29 aromatic rings. The molecule has 0 saturated carbocycles. The first-order valence-corrected chi connectivity index (χ1v) is 44.0. The van der Waals surface area contributed by atoms with E-state index in [1.807, 2.05) is 71.1 Å². The van der Waals surface area contributed by atoms with E-state index < -0.39 is 0 Å². The lowest BCUT2D eigenvalue weighted by atomic mass is 9.91. The molecule has 0 unspecified atom stereocenters. The highest BCUT2D eigenvalue weighted by Gasteiger charge is 2.24. The van der Waals surface area contributed by atoms with E-state index in [9.17, 15) is 0 Å². The zero-order chi connectivity index (χ0) is 80.2. The summed E-state index contributed by atoms with van der Waals surface area (Å²) in [6.45, 7) is 0. The molecule has 0 saturated heterocycles. The van der Waals surface area contributed by atoms with Crippen LogP contribution in [0, 0.1) is 0 Å². The molecule has 9 nitrogen and oxygen atoms in total. The van der Waals surface area contributed by atoms with Crippen LogP contribution in [0.2, 0.25) is 0 Å². The Bertz CT molecular complexity index is 9550. The van der Waals surface area contributed by atoms with Crippen LogP contribution in [0.15, 0.2) is 377 Å². The molecular weight excluding hydrogens is 1560 g/mol. The third kappa shape index (κ3) is 10.3. The van der Waals surface area contributed by atoms with Gasteiger partial charge in [-0.3, -0.25) is 14.5 Å². The summed E-state index contributed by atoms with van der Waals surface area (Å²) in [5.74, 6) is 0. The lowest BCUT2D eigenvalue weighted by molar-refractivity contribution is 1.14. The molecule has 0 amide bonds. The first-order chi connectivity index (χ1) is 61.0. The largest absolute Gasteiger partial charge is 0.354 e. The van der Waals surface area contributed by atoms with Gasteiger partial charge >= 0.3 is 0 Å². The zero-order valence-electron chi connectivity index (χ0n) is 65.7. The monoisotopic (exact) mass is 1620 g/mol. The van der Waals surface area contributed by atoms with Crippen LogP contribution in [-0.2, 0) is 0 Å². The van der Waals surface area contributed by atoms with E-state index in [-0.39, 0.29) is 0 Å². The van der Waals surface area contributed by atoms with Crippen LogP contribution in [-0.4, -0.2) is 43.6 Å². The standard InChI is InChI=1S/C49H29N3S.C34H20N2S.C28H16N4S/c1-2-13-33(14-3-1)52-45-28-46-41(27-40(45)38-18-9-23-50-49(38)52)37-20-22-44-47(48(37)53-46)42-25-30(19-21-43(42)51-44)29-11-8-12-31(24-29)39-26-32-10-4-5-15-34(32)35-16-6-7-17-36(35)39;1-2-10-22(11-3-1)36-30-17-21-9-5-4-8-20(21)16-25(30)26-18-27-23-14-15-29-33(24-12-6-7-13-28(24)35-29)34(23)37-32(27)19-31(26)36;1-2-4-16(5-3-1)32-24-9-11-29-14-21(24)19-12-20-17-6-7-22-27(18-8-10-30-15-23(18)31-22)28(17)33-26(20)13-25(19)32/h1-28,51H;1-19,35H;1-15,31H. The zero-order valence-corrected chi connectivity index (χ0v) is 68.2. The fourth-order valence-electron chi connectivity index (χ4n) is 20.2. The topological polar surface area (TPSA) is 101 Å². The third-order valence-corrected chi connectivity index (χ3v) is 29.3. The Morgan fingerprint density at radius 2 is 0.675 bits per heavy atom. The summed E-state index contributed by atoms with van der Waals surface area (Å²) in [7, 11) is 0. The highest BCUT2D eigenvalue weighted by atomic mass is 32.1. The molecule has 0 atom stereocenters. The smallest absolute Gasteiger partial charge is 0.145 e. The van der Waals surface area contributed by atoms with E-state index in [1.54, 1.807) is 0 Å². The van der Waals surface area contributed by atoms with Crippen molar-refractivity contribution in [2.24, 2.45) is 0 Å². The fraction of sp³-hybridized carbons (Fsp3) is 0. The maximum absolute atomic E-state index is 4.84. The van der Waals surface area contributed by atoms with Crippen molar-refractivity contribution < 1.29 is 0 Å². The number of hydrogen-bond donors (Lipinski definition) is 3. The number of thiophene rings is 3. The minimum Gasteiger partial charge on any atom is -0.354 e. The van der Waals surface area contributed by atoms with Gasteiger partial charge in [0.1, 0.15) is 5.65 Å². The number of benzene rings is 17. The maximum Gasteiger partial charge on any atom is 0.145 e. The van der Waals surface area contributed by atoms with Crippen molar-refractivity contribution in [1.82, 2.24) is 43.6 Å². The van der Waals surface area contributed by atoms with E-state index in [1.165, 1.54) is 230 Å². The van der Waals surface area contributed by atoms with E-state index in [0.717, 1.165) is 33.6 Å². The Morgan fingerprint density at radius 3 is 1.33 bits per heavy atom. The highest BCUT2D eigenvalue weighted by Crippen LogP contribution is 2.50. The molecule has 12 heterocycles. The highest BCUT2D eigenvalue weighted by molar-refractivity contribution is 7.28. The summed E-state index contributed by atoms with van der Waals surface area (Å²) < 4.78 is 15.0. The quantitative estimate of drug-likeness (QED) is 0.150. The lowest BCUT2D eigenvalue weighted by Crippen LogP contribution is -1.94. The number of H-pyrrole nitrogens is 3. The van der Waals surface area contributed by atoms with Crippen molar-refractivity contribution in [3.63, 3.8) is 0 Å². The van der Waals surface area contributed by atoms with E-state index in [2.05, 4.69) is 378 Å². The predicted octanol–water partition coefficient (Wildman–Crippen LogP) is 31.3. The van der Waals surface area contributed by atoms with Crippen LogP contribution in [0.1, 0.15) is 0 Å². The Labute approximate surface area is 712 Å². The van der Waals surface area contributed by atoms with E-state index in [4.69, 9.17) is 4.98 Å². The average Bonchev–Trinajstić information content (AvgIpc) is 1.56. The second-order valence-electron chi connectivity index (χ2n) is 32.4. The minimum atomic E-state index is 0.986. The number of para-hydroxylation sites is 4. The molecule has 0 radical (unpaired) electrons. The van der Waals surface area contributed by atoms with Gasteiger partial charge in [0.05, 0.1) is 39.3 Å². The lowest BCUT2D eigenvalue weighted by Gasteiger charge is -2.12. The van der Waals surface area contributed by atoms with Gasteiger partial charge in [-0.25, -0.2) is 4.98 Å². The molecule has 12 aromatic heterocycles. The van der Waals surface area contributed by atoms with Gasteiger partial charge < -0.3 is 24.1 Å². The molecule has 572 valence electrons. The van der Waals surface area contributed by atoms with Gasteiger partial charge in [0.2, 0.25) is 0 Å². The molecule has 29 rings (SSSR count). The molecule has 0 aliphatic carbocycles. The molecular formula is C111H65N9S3. The molecule has 0 aliphatic heterocycles. The van der Waals surface area contributed by atoms with Crippen LogP contribution in [0.25, 0.3) is 263 Å². The summed E-state index contributed by atoms with van der Waals surface area (Å²) in [6, 6.07) is 126. The molecule has 0 fully saturated rings. The van der Waals surface area contributed by atoms with Crippen LogP contribution < -0.4 is 0 Å². The Kier molecular flexibility index (Phi) is 14.7. The third-order valence-electron chi connectivity index (χ3n) is 25.7. The van der Waals surface area contributed by atoms with Crippen molar-refractivity contribution in [2.75, 3.05) is 0 Å². The van der Waals surface area contributed by atoms with Crippen molar-refractivity contribution in [3.8, 4) is 39.3 Å². The van der Waals surface area contributed by atoms with Gasteiger partial charge in [0.25, 0.3) is 0 Å². The number of pyridine rings is 3. The summed E-state index contributed by atoms with van der Waals surface area (Å²) in [6.07, 6.45) is 9.54. The van der Waals surface area contributed by atoms with Crippen LogP contribution in [0.5, 0.6) is 0 Å². The van der Waals surface area contributed by atoms with Crippen molar-refractivity contribution in [2.45, 2.75) is 0 Å². The van der Waals surface area contributed by atoms with Gasteiger partial charge in [-0.1, -0.05) is 188 Å². The molecule has 0 spiro atoms. The summed E-state index contributed by atoms with van der Waals surface area (Å²) in [5.41, 5.74) is 22.4. The SMILES string of the molecule is c1ccc(-n2c3cc4ccccc4cc3c3cc4c(cc32)sc2c4ccc3[nH]c4ccccc4c32)cc1.c1ccc(-n2c3cc4sc5c(ccc6[nH]c7ccc(-c8cccc(-c9cc%10ccccc%10c%10ccccc9%10)c8)cc7c65)c4cc3c3cccnc32)cc1.c1ccc(-n2c3ccncc3c3cc4c(cc32)sc2c4ccc3[nH]c4cnccc4c32)cc1.